The average Bonchev–Trinajstić information content (AvgIpc) is 2.25. The van der Waals surface area contributed by atoms with Gasteiger partial charge in [0.25, 0.3) is 0 Å². The molecule has 2 nitrogen and oxygen atoms in total. The van der Waals surface area contributed by atoms with Crippen molar-refractivity contribution >= 4 is 0 Å². The van der Waals surface area contributed by atoms with E-state index in [2.05, 4.69) is 32.2 Å². The largest absolute Gasteiger partial charge is 0.497 e. The molecule has 0 fully saturated rings. The van der Waals surface area contributed by atoms with E-state index in [0.717, 1.165) is 19.1 Å². The first-order chi connectivity index (χ1) is 7.24. The van der Waals surface area contributed by atoms with Gasteiger partial charge in [0.05, 0.1) is 12.6 Å². The SMILES string of the molecule is CCNC(CCC(C)C)C1=CCCCO1. The summed E-state index contributed by atoms with van der Waals surface area (Å²) in [7, 11) is 0. The van der Waals surface area contributed by atoms with E-state index in [1.165, 1.54) is 31.4 Å². The molecular weight excluding hydrogens is 186 g/mol. The molecule has 88 valence electrons. The minimum atomic E-state index is 0.442. The monoisotopic (exact) mass is 211 g/mol. The van der Waals surface area contributed by atoms with Crippen LogP contribution in [-0.2, 0) is 4.74 Å². The van der Waals surface area contributed by atoms with Crippen molar-refractivity contribution in [1.82, 2.24) is 5.32 Å². The molecule has 0 spiro atoms. The number of ether oxygens (including phenoxy) is 1. The van der Waals surface area contributed by atoms with E-state index in [4.69, 9.17) is 4.74 Å². The highest BCUT2D eigenvalue weighted by molar-refractivity contribution is 5.05. The predicted octanol–water partition coefficient (Wildman–Crippen LogP) is 3.10. The van der Waals surface area contributed by atoms with Crippen LogP contribution in [0.4, 0.5) is 0 Å². The van der Waals surface area contributed by atoms with E-state index in [1.54, 1.807) is 0 Å². The van der Waals surface area contributed by atoms with Gasteiger partial charge in [0.15, 0.2) is 0 Å². The highest BCUT2D eigenvalue weighted by Crippen LogP contribution is 2.18. The van der Waals surface area contributed by atoms with Crippen LogP contribution in [0.15, 0.2) is 11.8 Å². The topological polar surface area (TPSA) is 21.3 Å². The summed E-state index contributed by atoms with van der Waals surface area (Å²) >= 11 is 0. The van der Waals surface area contributed by atoms with E-state index in [9.17, 15) is 0 Å². The van der Waals surface area contributed by atoms with Gasteiger partial charge in [-0.25, -0.2) is 0 Å². The Morgan fingerprint density at radius 2 is 2.20 bits per heavy atom. The van der Waals surface area contributed by atoms with Crippen molar-refractivity contribution in [3.8, 4) is 0 Å². The number of hydrogen-bond donors (Lipinski definition) is 1. The van der Waals surface area contributed by atoms with Gasteiger partial charge >= 0.3 is 0 Å². The Morgan fingerprint density at radius 1 is 1.40 bits per heavy atom. The third-order valence-electron chi connectivity index (χ3n) is 2.79. The lowest BCUT2D eigenvalue weighted by molar-refractivity contribution is 0.163. The fraction of sp³-hybridized carbons (Fsp3) is 0.846. The smallest absolute Gasteiger partial charge is 0.109 e. The molecule has 1 N–H and O–H groups in total. The zero-order chi connectivity index (χ0) is 11.1. The van der Waals surface area contributed by atoms with Crippen molar-refractivity contribution in [2.24, 2.45) is 5.92 Å². The van der Waals surface area contributed by atoms with Crippen molar-refractivity contribution in [2.45, 2.75) is 52.5 Å². The van der Waals surface area contributed by atoms with E-state index in [-0.39, 0.29) is 0 Å². The summed E-state index contributed by atoms with van der Waals surface area (Å²) in [5, 5.41) is 3.51. The summed E-state index contributed by atoms with van der Waals surface area (Å²) in [5.41, 5.74) is 0. The molecule has 0 amide bonds. The maximum absolute atomic E-state index is 5.72. The van der Waals surface area contributed by atoms with E-state index < -0.39 is 0 Å². The van der Waals surface area contributed by atoms with E-state index >= 15 is 0 Å². The van der Waals surface area contributed by atoms with Gasteiger partial charge in [0.2, 0.25) is 0 Å². The van der Waals surface area contributed by atoms with Gasteiger partial charge in [-0.1, -0.05) is 20.8 Å². The van der Waals surface area contributed by atoms with Crippen molar-refractivity contribution in [1.29, 1.82) is 0 Å². The Hall–Kier alpha value is -0.500. The van der Waals surface area contributed by atoms with Gasteiger partial charge < -0.3 is 10.1 Å². The third kappa shape index (κ3) is 4.70. The van der Waals surface area contributed by atoms with Gasteiger partial charge in [-0.05, 0) is 44.2 Å². The van der Waals surface area contributed by atoms with Crippen LogP contribution in [-0.4, -0.2) is 19.2 Å². The van der Waals surface area contributed by atoms with E-state index in [1.807, 2.05) is 0 Å². The second-order valence-electron chi connectivity index (χ2n) is 4.68. The zero-order valence-corrected chi connectivity index (χ0v) is 10.4. The summed E-state index contributed by atoms with van der Waals surface area (Å²) in [6, 6.07) is 0.442. The summed E-state index contributed by atoms with van der Waals surface area (Å²) in [6.07, 6.45) is 7.07. The van der Waals surface area contributed by atoms with Crippen LogP contribution in [0, 0.1) is 5.92 Å². The summed E-state index contributed by atoms with van der Waals surface area (Å²) in [5.74, 6) is 1.96. The zero-order valence-electron chi connectivity index (χ0n) is 10.4. The minimum absolute atomic E-state index is 0.442. The number of nitrogens with one attached hydrogen (secondary N) is 1. The molecule has 0 aromatic carbocycles. The molecule has 1 atom stereocenters. The van der Waals surface area contributed by atoms with Crippen molar-refractivity contribution in [3.63, 3.8) is 0 Å². The van der Waals surface area contributed by atoms with Crippen LogP contribution in [0.5, 0.6) is 0 Å². The first kappa shape index (κ1) is 12.6. The molecule has 1 unspecified atom stereocenters. The summed E-state index contributed by atoms with van der Waals surface area (Å²) in [4.78, 5) is 0. The Morgan fingerprint density at radius 3 is 2.73 bits per heavy atom. The lowest BCUT2D eigenvalue weighted by atomic mass is 10.0. The summed E-state index contributed by atoms with van der Waals surface area (Å²) < 4.78 is 5.72. The molecule has 1 aliphatic rings. The van der Waals surface area contributed by atoms with Gasteiger partial charge in [-0.3, -0.25) is 0 Å². The van der Waals surface area contributed by atoms with Gasteiger partial charge in [-0.2, -0.15) is 0 Å². The molecular formula is C13H25NO. The Balaban J connectivity index is 2.44. The molecule has 15 heavy (non-hydrogen) atoms. The van der Waals surface area contributed by atoms with Crippen molar-refractivity contribution in [2.75, 3.05) is 13.2 Å². The fourth-order valence-corrected chi connectivity index (χ4v) is 1.91. The van der Waals surface area contributed by atoms with Crippen molar-refractivity contribution < 1.29 is 4.74 Å². The maximum Gasteiger partial charge on any atom is 0.109 e. The molecule has 0 bridgehead atoms. The Bertz CT molecular complexity index is 199. The molecule has 1 rings (SSSR count). The van der Waals surface area contributed by atoms with E-state index in [0.29, 0.717) is 6.04 Å². The van der Waals surface area contributed by atoms with Gasteiger partial charge in [-0.15, -0.1) is 0 Å². The number of allylic oxidation sites excluding steroid dienone is 1. The molecule has 0 aromatic rings. The van der Waals surface area contributed by atoms with Gasteiger partial charge in [0, 0.05) is 0 Å². The number of hydrogen-bond acceptors (Lipinski definition) is 2. The molecule has 1 heterocycles. The second-order valence-corrected chi connectivity index (χ2v) is 4.68. The molecule has 2 heteroatoms. The lowest BCUT2D eigenvalue weighted by Gasteiger charge is -2.25. The quantitative estimate of drug-likeness (QED) is 0.729. The molecule has 0 aromatic heterocycles. The molecule has 0 saturated heterocycles. The third-order valence-corrected chi connectivity index (χ3v) is 2.79. The number of likely N-dealkylation sites (N-methyl/N-ethyl adjacent to an activating group) is 1. The average molecular weight is 211 g/mol. The van der Waals surface area contributed by atoms with Crippen LogP contribution < -0.4 is 5.32 Å². The first-order valence-electron chi connectivity index (χ1n) is 6.30. The Kier molecular flexibility index (Phi) is 5.77. The van der Waals surface area contributed by atoms with Gasteiger partial charge in [0.1, 0.15) is 5.76 Å². The van der Waals surface area contributed by atoms with Crippen molar-refractivity contribution in [3.05, 3.63) is 11.8 Å². The lowest BCUT2D eigenvalue weighted by Crippen LogP contribution is -2.33. The van der Waals surface area contributed by atoms with Crippen LogP contribution in [0.3, 0.4) is 0 Å². The predicted molar refractivity (Wildman–Crippen MR) is 64.8 cm³/mol. The fourth-order valence-electron chi connectivity index (χ4n) is 1.91. The molecule has 0 saturated carbocycles. The van der Waals surface area contributed by atoms with Crippen LogP contribution in [0.1, 0.15) is 46.5 Å². The molecule has 1 aliphatic heterocycles. The van der Waals surface area contributed by atoms with Crippen LogP contribution >= 0.6 is 0 Å². The summed E-state index contributed by atoms with van der Waals surface area (Å²) in [6.45, 7) is 8.63. The normalized spacial score (nSPS) is 18.5. The number of rotatable bonds is 6. The Labute approximate surface area is 94.1 Å². The standard InChI is InChI=1S/C13H25NO/c1-4-14-12(9-8-11(2)3)13-7-5-6-10-15-13/h7,11-12,14H,4-6,8-10H2,1-3H3. The molecule has 0 radical (unpaired) electrons. The van der Waals surface area contributed by atoms with Crippen LogP contribution in [0.25, 0.3) is 0 Å². The molecule has 0 aliphatic carbocycles. The maximum atomic E-state index is 5.72. The second kappa shape index (κ2) is 6.89. The minimum Gasteiger partial charge on any atom is -0.497 e. The van der Waals surface area contributed by atoms with Crippen LogP contribution in [0.2, 0.25) is 0 Å². The first-order valence-corrected chi connectivity index (χ1v) is 6.30. The highest BCUT2D eigenvalue weighted by Gasteiger charge is 2.16. The highest BCUT2D eigenvalue weighted by atomic mass is 16.5.